The van der Waals surface area contributed by atoms with Crippen LogP contribution < -0.4 is 14.4 Å². The summed E-state index contributed by atoms with van der Waals surface area (Å²) >= 11 is 0. The molecule has 168 valence electrons. The number of nitrogens with zero attached hydrogens (tertiary/aromatic N) is 2. The van der Waals surface area contributed by atoms with Crippen LogP contribution in [0.4, 0.5) is 11.4 Å². The number of piperidine rings is 1. The zero-order valence-corrected chi connectivity index (χ0v) is 18.6. The predicted octanol–water partition coefficient (Wildman–Crippen LogP) is 4.82. The minimum Gasteiger partial charge on any atom is -0.497 e. The maximum Gasteiger partial charge on any atom is 0.253 e. The average molecular weight is 443 g/mol. The lowest BCUT2D eigenvalue weighted by Crippen LogP contribution is -2.51. The van der Waals surface area contributed by atoms with Gasteiger partial charge in [0, 0.05) is 37.2 Å². The van der Waals surface area contributed by atoms with Crippen molar-refractivity contribution in [3.05, 3.63) is 84.4 Å². The molecule has 1 spiro atoms. The number of amides is 2. The number of likely N-dealkylation sites (tertiary alicyclic amines) is 1. The monoisotopic (exact) mass is 442 g/mol. The number of carbonyl (C=O) groups is 2. The van der Waals surface area contributed by atoms with Crippen LogP contribution in [0.3, 0.4) is 0 Å². The molecule has 5 rings (SSSR count). The summed E-state index contributed by atoms with van der Waals surface area (Å²) in [5, 5.41) is 0. The van der Waals surface area contributed by atoms with Crippen LogP contribution in [0.5, 0.6) is 11.5 Å². The van der Waals surface area contributed by atoms with E-state index in [9.17, 15) is 9.59 Å². The van der Waals surface area contributed by atoms with Crippen LogP contribution in [0.2, 0.25) is 0 Å². The number of benzene rings is 3. The lowest BCUT2D eigenvalue weighted by Gasteiger charge is -2.40. The number of anilines is 2. The second-order valence-electron chi connectivity index (χ2n) is 8.51. The second kappa shape index (κ2) is 8.62. The predicted molar refractivity (Wildman–Crippen MR) is 126 cm³/mol. The Morgan fingerprint density at radius 3 is 2.27 bits per heavy atom. The van der Waals surface area contributed by atoms with Crippen molar-refractivity contribution in [2.45, 2.75) is 24.9 Å². The zero-order chi connectivity index (χ0) is 22.8. The molecule has 0 atom stereocenters. The van der Waals surface area contributed by atoms with Gasteiger partial charge >= 0.3 is 0 Å². The molecule has 6 nitrogen and oxygen atoms in total. The fraction of sp³-hybridized carbons (Fsp3) is 0.259. The molecule has 0 saturated carbocycles. The number of carbonyl (C=O) groups excluding carboxylic acids is 2. The van der Waals surface area contributed by atoms with Crippen LogP contribution >= 0.6 is 0 Å². The minimum absolute atomic E-state index is 0.00100. The van der Waals surface area contributed by atoms with Crippen LogP contribution in [-0.4, -0.2) is 42.5 Å². The third-order valence-corrected chi connectivity index (χ3v) is 6.47. The lowest BCUT2D eigenvalue weighted by atomic mass is 9.87. The number of ether oxygens (including phenoxy) is 2. The Hall–Kier alpha value is -3.80. The van der Waals surface area contributed by atoms with Gasteiger partial charge in [0.15, 0.2) is 0 Å². The highest BCUT2D eigenvalue weighted by atomic mass is 16.5. The van der Waals surface area contributed by atoms with Gasteiger partial charge in [0.05, 0.1) is 19.2 Å². The Morgan fingerprint density at radius 2 is 1.58 bits per heavy atom. The smallest absolute Gasteiger partial charge is 0.253 e. The molecule has 33 heavy (non-hydrogen) atoms. The Kier molecular flexibility index (Phi) is 5.50. The number of hydrogen-bond acceptors (Lipinski definition) is 4. The summed E-state index contributed by atoms with van der Waals surface area (Å²) in [7, 11) is 1.60. The van der Waals surface area contributed by atoms with Crippen molar-refractivity contribution < 1.29 is 19.1 Å². The van der Waals surface area contributed by atoms with Crippen LogP contribution in [0, 0.1) is 0 Å². The summed E-state index contributed by atoms with van der Waals surface area (Å²) in [6.07, 6.45) is 1.45. The van der Waals surface area contributed by atoms with E-state index < -0.39 is 5.60 Å². The molecule has 1 fully saturated rings. The van der Waals surface area contributed by atoms with E-state index in [-0.39, 0.29) is 18.2 Å². The third kappa shape index (κ3) is 4.04. The molecule has 2 amide bonds. The van der Waals surface area contributed by atoms with Gasteiger partial charge in [-0.05, 0) is 48.5 Å². The van der Waals surface area contributed by atoms with Crippen molar-refractivity contribution in [3.8, 4) is 11.5 Å². The number of rotatable bonds is 3. The van der Waals surface area contributed by atoms with Crippen molar-refractivity contribution in [2.75, 3.05) is 25.1 Å². The van der Waals surface area contributed by atoms with Crippen molar-refractivity contribution in [1.29, 1.82) is 0 Å². The quantitative estimate of drug-likeness (QED) is 0.584. The van der Waals surface area contributed by atoms with E-state index in [0.29, 0.717) is 37.2 Å². The second-order valence-corrected chi connectivity index (χ2v) is 8.51. The van der Waals surface area contributed by atoms with Crippen LogP contribution in [-0.2, 0) is 4.79 Å². The van der Waals surface area contributed by atoms with Crippen molar-refractivity contribution in [2.24, 2.45) is 0 Å². The Bertz CT molecular complexity index is 1150. The molecule has 0 unspecified atom stereocenters. The topological polar surface area (TPSA) is 59.1 Å². The normalized spacial score (nSPS) is 17.2. The Balaban J connectivity index is 1.37. The van der Waals surface area contributed by atoms with E-state index in [2.05, 4.69) is 0 Å². The molecule has 2 aliphatic rings. The van der Waals surface area contributed by atoms with Gasteiger partial charge in [0.2, 0.25) is 5.91 Å². The molecule has 3 aromatic rings. The van der Waals surface area contributed by atoms with Gasteiger partial charge in [-0.3, -0.25) is 14.5 Å². The summed E-state index contributed by atoms with van der Waals surface area (Å²) < 4.78 is 11.7. The number of hydrogen-bond donors (Lipinski definition) is 0. The molecule has 2 aliphatic heterocycles. The Labute approximate surface area is 193 Å². The molecule has 3 aromatic carbocycles. The first-order chi connectivity index (χ1) is 16.1. The van der Waals surface area contributed by atoms with Gasteiger partial charge in [-0.15, -0.1) is 0 Å². The van der Waals surface area contributed by atoms with E-state index in [1.54, 1.807) is 36.3 Å². The molecule has 0 N–H and O–H groups in total. The summed E-state index contributed by atoms with van der Waals surface area (Å²) in [6, 6.07) is 24.5. The standard InChI is InChI=1S/C27H26N2O4/c1-32-22-13-11-20(12-14-22)26(31)28-17-15-27(16-18-28)19-25(30)29(21-7-3-2-4-8-21)23-9-5-6-10-24(23)33-27/h2-14H,15-19H2,1H3. The minimum atomic E-state index is -0.632. The molecule has 1 saturated heterocycles. The van der Waals surface area contributed by atoms with E-state index >= 15 is 0 Å². The van der Waals surface area contributed by atoms with Gasteiger partial charge in [-0.2, -0.15) is 0 Å². The number of fused-ring (bicyclic) bond motifs is 1. The summed E-state index contributed by atoms with van der Waals surface area (Å²) in [4.78, 5) is 30.1. The fourth-order valence-corrected chi connectivity index (χ4v) is 4.66. The first-order valence-corrected chi connectivity index (χ1v) is 11.2. The third-order valence-electron chi connectivity index (χ3n) is 6.47. The highest BCUT2D eigenvalue weighted by molar-refractivity contribution is 6.03. The van der Waals surface area contributed by atoms with E-state index in [4.69, 9.17) is 9.47 Å². The molecule has 0 bridgehead atoms. The van der Waals surface area contributed by atoms with Crippen LogP contribution in [0.25, 0.3) is 0 Å². The van der Waals surface area contributed by atoms with Gasteiger partial charge in [0.25, 0.3) is 5.91 Å². The number of para-hydroxylation sites is 3. The first-order valence-electron chi connectivity index (χ1n) is 11.2. The molecule has 6 heteroatoms. The highest BCUT2D eigenvalue weighted by Gasteiger charge is 2.44. The molecule has 0 aliphatic carbocycles. The molecular weight excluding hydrogens is 416 g/mol. The Morgan fingerprint density at radius 1 is 0.909 bits per heavy atom. The maximum absolute atomic E-state index is 13.5. The molecule has 0 radical (unpaired) electrons. The van der Waals surface area contributed by atoms with Gasteiger partial charge in [-0.1, -0.05) is 30.3 Å². The lowest BCUT2D eigenvalue weighted by molar-refractivity contribution is -0.122. The fourth-order valence-electron chi connectivity index (χ4n) is 4.66. The zero-order valence-electron chi connectivity index (χ0n) is 18.6. The highest BCUT2D eigenvalue weighted by Crippen LogP contribution is 2.43. The van der Waals surface area contributed by atoms with Crippen LogP contribution in [0.1, 0.15) is 29.6 Å². The summed E-state index contributed by atoms with van der Waals surface area (Å²) in [5.74, 6) is 1.40. The van der Waals surface area contributed by atoms with Crippen LogP contribution in [0.15, 0.2) is 78.9 Å². The summed E-state index contributed by atoms with van der Waals surface area (Å²) in [5.41, 5.74) is 1.57. The van der Waals surface area contributed by atoms with Crippen molar-refractivity contribution in [3.63, 3.8) is 0 Å². The molecule has 0 aromatic heterocycles. The van der Waals surface area contributed by atoms with Crippen molar-refractivity contribution in [1.82, 2.24) is 4.90 Å². The van der Waals surface area contributed by atoms with Gasteiger partial charge in [0.1, 0.15) is 17.1 Å². The average Bonchev–Trinajstić information content (AvgIpc) is 2.97. The number of methoxy groups -OCH3 is 1. The largest absolute Gasteiger partial charge is 0.497 e. The summed E-state index contributed by atoms with van der Waals surface area (Å²) in [6.45, 7) is 1.07. The maximum atomic E-state index is 13.5. The molecule has 2 heterocycles. The van der Waals surface area contributed by atoms with E-state index in [1.165, 1.54) is 0 Å². The van der Waals surface area contributed by atoms with Gasteiger partial charge in [-0.25, -0.2) is 0 Å². The molecular formula is C27H26N2O4. The van der Waals surface area contributed by atoms with E-state index in [1.807, 2.05) is 59.5 Å². The van der Waals surface area contributed by atoms with Gasteiger partial charge < -0.3 is 14.4 Å². The van der Waals surface area contributed by atoms with Crippen molar-refractivity contribution >= 4 is 23.2 Å². The first kappa shape index (κ1) is 21.1. The van der Waals surface area contributed by atoms with E-state index in [0.717, 1.165) is 17.1 Å². The SMILES string of the molecule is COc1ccc(C(=O)N2CCC3(CC2)CC(=O)N(c2ccccc2)c2ccccc2O3)cc1.